The standard InChI is InChI=1S/C19H15NO4S2/c1-12-5-7-14(8-6-12)20-18(23)16(26-19(20)25)10-13-3-2-4-15(9-13)24-11-17(21)22/h2-10H,11H2,1H3,(H,21,22)/b16-10+. The number of ether oxygens (including phenoxy) is 1. The number of amides is 1. The number of rotatable bonds is 5. The molecule has 1 fully saturated rings. The van der Waals surface area contributed by atoms with E-state index in [0.717, 1.165) is 16.8 Å². The minimum absolute atomic E-state index is 0.180. The number of benzene rings is 2. The first-order chi connectivity index (χ1) is 12.4. The Morgan fingerprint density at radius 1 is 1.27 bits per heavy atom. The fourth-order valence-electron chi connectivity index (χ4n) is 2.37. The zero-order valence-electron chi connectivity index (χ0n) is 13.8. The fourth-order valence-corrected chi connectivity index (χ4v) is 3.67. The zero-order valence-corrected chi connectivity index (χ0v) is 15.5. The summed E-state index contributed by atoms with van der Waals surface area (Å²) < 4.78 is 5.64. The van der Waals surface area contributed by atoms with Crippen LogP contribution in [0, 0.1) is 6.92 Å². The number of aliphatic carboxylic acids is 1. The third-order valence-electron chi connectivity index (χ3n) is 3.60. The van der Waals surface area contributed by atoms with Crippen molar-refractivity contribution in [3.8, 4) is 5.75 Å². The molecular weight excluding hydrogens is 370 g/mol. The van der Waals surface area contributed by atoms with Gasteiger partial charge in [0.2, 0.25) is 0 Å². The summed E-state index contributed by atoms with van der Waals surface area (Å²) in [5, 5.41) is 8.69. The average Bonchev–Trinajstić information content (AvgIpc) is 2.88. The van der Waals surface area contributed by atoms with E-state index in [1.54, 1.807) is 24.3 Å². The number of carboxylic acid groups (broad SMARTS) is 1. The lowest BCUT2D eigenvalue weighted by Crippen LogP contribution is -2.27. The maximum absolute atomic E-state index is 12.7. The van der Waals surface area contributed by atoms with Crippen molar-refractivity contribution in [1.29, 1.82) is 0 Å². The Labute approximate surface area is 160 Å². The van der Waals surface area contributed by atoms with Crippen molar-refractivity contribution < 1.29 is 19.4 Å². The molecular formula is C19H15NO4S2. The molecule has 0 radical (unpaired) electrons. The van der Waals surface area contributed by atoms with Crippen LogP contribution in [0.25, 0.3) is 6.08 Å². The first-order valence-corrected chi connectivity index (χ1v) is 8.96. The molecule has 1 saturated heterocycles. The second kappa shape index (κ2) is 7.72. The second-order valence-electron chi connectivity index (χ2n) is 5.61. The molecule has 132 valence electrons. The molecule has 0 aromatic heterocycles. The lowest BCUT2D eigenvalue weighted by atomic mass is 10.2. The zero-order chi connectivity index (χ0) is 18.7. The van der Waals surface area contributed by atoms with Gasteiger partial charge in [-0.1, -0.05) is 53.8 Å². The molecule has 5 nitrogen and oxygen atoms in total. The Kier molecular flexibility index (Phi) is 5.39. The van der Waals surface area contributed by atoms with E-state index >= 15 is 0 Å². The number of aryl methyl sites for hydroxylation is 1. The first kappa shape index (κ1) is 18.2. The van der Waals surface area contributed by atoms with E-state index in [2.05, 4.69) is 0 Å². The van der Waals surface area contributed by atoms with Crippen LogP contribution >= 0.6 is 24.0 Å². The third kappa shape index (κ3) is 4.12. The van der Waals surface area contributed by atoms with Crippen molar-refractivity contribution in [3.05, 3.63) is 64.6 Å². The highest BCUT2D eigenvalue weighted by molar-refractivity contribution is 8.27. The molecule has 2 aromatic carbocycles. The predicted octanol–water partition coefficient (Wildman–Crippen LogP) is 3.86. The lowest BCUT2D eigenvalue weighted by molar-refractivity contribution is -0.139. The van der Waals surface area contributed by atoms with Crippen LogP contribution in [0.5, 0.6) is 5.75 Å². The summed E-state index contributed by atoms with van der Waals surface area (Å²) >= 11 is 6.59. The smallest absolute Gasteiger partial charge is 0.341 e. The number of thioether (sulfide) groups is 1. The molecule has 0 aliphatic carbocycles. The van der Waals surface area contributed by atoms with Gasteiger partial charge in [0.05, 0.1) is 10.6 Å². The average molecular weight is 385 g/mol. The Morgan fingerprint density at radius 3 is 2.69 bits per heavy atom. The molecule has 1 aliphatic rings. The quantitative estimate of drug-likeness (QED) is 0.623. The predicted molar refractivity (Wildman–Crippen MR) is 106 cm³/mol. The summed E-state index contributed by atoms with van der Waals surface area (Å²) in [7, 11) is 0. The van der Waals surface area contributed by atoms with Crippen LogP contribution in [-0.4, -0.2) is 27.9 Å². The Hall–Kier alpha value is -2.64. The Bertz CT molecular complexity index is 906. The molecule has 1 amide bonds. The van der Waals surface area contributed by atoms with E-state index in [1.807, 2.05) is 37.3 Å². The molecule has 3 rings (SSSR count). The van der Waals surface area contributed by atoms with Crippen molar-refractivity contribution in [1.82, 2.24) is 0 Å². The molecule has 0 unspecified atom stereocenters. The summed E-state index contributed by atoms with van der Waals surface area (Å²) in [6.45, 7) is 1.56. The van der Waals surface area contributed by atoms with Gasteiger partial charge in [-0.15, -0.1) is 0 Å². The van der Waals surface area contributed by atoms with Crippen LogP contribution in [-0.2, 0) is 9.59 Å². The maximum Gasteiger partial charge on any atom is 0.341 e. The molecule has 1 aliphatic heterocycles. The van der Waals surface area contributed by atoms with E-state index in [4.69, 9.17) is 22.1 Å². The normalized spacial score (nSPS) is 15.6. The number of nitrogens with zero attached hydrogens (tertiary/aromatic N) is 1. The van der Waals surface area contributed by atoms with Gasteiger partial charge in [0, 0.05) is 0 Å². The van der Waals surface area contributed by atoms with Gasteiger partial charge in [-0.25, -0.2) is 4.79 Å². The molecule has 0 saturated carbocycles. The molecule has 2 aromatic rings. The monoisotopic (exact) mass is 385 g/mol. The van der Waals surface area contributed by atoms with Crippen LogP contribution in [0.4, 0.5) is 5.69 Å². The van der Waals surface area contributed by atoms with Crippen LogP contribution in [0.2, 0.25) is 0 Å². The summed E-state index contributed by atoms with van der Waals surface area (Å²) in [5.41, 5.74) is 2.57. The van der Waals surface area contributed by atoms with Crippen molar-refractivity contribution >= 4 is 51.9 Å². The fraction of sp³-hybridized carbons (Fsp3) is 0.105. The van der Waals surface area contributed by atoms with Crippen molar-refractivity contribution in [3.63, 3.8) is 0 Å². The van der Waals surface area contributed by atoms with Gasteiger partial charge >= 0.3 is 5.97 Å². The van der Waals surface area contributed by atoms with Crippen molar-refractivity contribution in [2.45, 2.75) is 6.92 Å². The lowest BCUT2D eigenvalue weighted by Gasteiger charge is -2.14. The van der Waals surface area contributed by atoms with Gasteiger partial charge in [-0.05, 0) is 42.8 Å². The van der Waals surface area contributed by atoms with E-state index in [-0.39, 0.29) is 5.91 Å². The summed E-state index contributed by atoms with van der Waals surface area (Å²) in [5.74, 6) is -0.801. The van der Waals surface area contributed by atoms with Gasteiger partial charge in [0.15, 0.2) is 10.9 Å². The van der Waals surface area contributed by atoms with Gasteiger partial charge in [0.1, 0.15) is 5.75 Å². The van der Waals surface area contributed by atoms with E-state index < -0.39 is 12.6 Å². The van der Waals surface area contributed by atoms with Gasteiger partial charge < -0.3 is 9.84 Å². The molecule has 7 heteroatoms. The number of hydrogen-bond acceptors (Lipinski definition) is 5. The number of carbonyl (C=O) groups excluding carboxylic acids is 1. The van der Waals surface area contributed by atoms with Crippen molar-refractivity contribution in [2.24, 2.45) is 0 Å². The summed E-state index contributed by atoms with van der Waals surface area (Å²) in [4.78, 5) is 25.4. The van der Waals surface area contributed by atoms with E-state index in [0.29, 0.717) is 15.0 Å². The number of hydrogen-bond donors (Lipinski definition) is 1. The topological polar surface area (TPSA) is 66.8 Å². The molecule has 0 bridgehead atoms. The number of thiocarbonyl (C=S) groups is 1. The van der Waals surface area contributed by atoms with E-state index in [9.17, 15) is 9.59 Å². The highest BCUT2D eigenvalue weighted by Gasteiger charge is 2.33. The minimum atomic E-state index is -1.05. The number of carbonyl (C=O) groups is 2. The highest BCUT2D eigenvalue weighted by Crippen LogP contribution is 2.36. The summed E-state index contributed by atoms with van der Waals surface area (Å²) in [6.07, 6.45) is 1.72. The minimum Gasteiger partial charge on any atom is -0.482 e. The van der Waals surface area contributed by atoms with Gasteiger partial charge in [0.25, 0.3) is 5.91 Å². The van der Waals surface area contributed by atoms with Gasteiger partial charge in [-0.3, -0.25) is 9.69 Å². The van der Waals surface area contributed by atoms with Crippen LogP contribution in [0.3, 0.4) is 0 Å². The van der Waals surface area contributed by atoms with Gasteiger partial charge in [-0.2, -0.15) is 0 Å². The molecule has 1 N–H and O–H groups in total. The Balaban J connectivity index is 1.82. The molecule has 26 heavy (non-hydrogen) atoms. The van der Waals surface area contributed by atoms with Crippen molar-refractivity contribution in [2.75, 3.05) is 11.5 Å². The SMILES string of the molecule is Cc1ccc(N2C(=O)/C(=C\c3cccc(OCC(=O)O)c3)SC2=S)cc1. The van der Waals surface area contributed by atoms with Crippen LogP contribution in [0.15, 0.2) is 53.4 Å². The number of anilines is 1. The largest absolute Gasteiger partial charge is 0.482 e. The maximum atomic E-state index is 12.7. The molecule has 1 heterocycles. The van der Waals surface area contributed by atoms with Crippen LogP contribution < -0.4 is 9.64 Å². The van der Waals surface area contributed by atoms with Crippen LogP contribution in [0.1, 0.15) is 11.1 Å². The first-order valence-electron chi connectivity index (χ1n) is 7.73. The number of carboxylic acids is 1. The Morgan fingerprint density at radius 2 is 2.00 bits per heavy atom. The molecule has 0 atom stereocenters. The van der Waals surface area contributed by atoms with E-state index in [1.165, 1.54) is 16.7 Å². The highest BCUT2D eigenvalue weighted by atomic mass is 32.2. The second-order valence-corrected chi connectivity index (χ2v) is 7.28. The summed E-state index contributed by atoms with van der Waals surface area (Å²) in [6, 6.07) is 14.5. The third-order valence-corrected chi connectivity index (χ3v) is 4.91. The molecule has 0 spiro atoms.